The van der Waals surface area contributed by atoms with Crippen molar-refractivity contribution in [2.75, 3.05) is 26.0 Å². The lowest BCUT2D eigenvalue weighted by Gasteiger charge is -2.26. The largest absolute Gasteiger partial charge is 0.476 e. The van der Waals surface area contributed by atoms with E-state index in [0.29, 0.717) is 12.5 Å². The lowest BCUT2D eigenvalue weighted by atomic mass is 9.84. The van der Waals surface area contributed by atoms with Crippen molar-refractivity contribution in [2.24, 2.45) is 11.8 Å². The highest BCUT2D eigenvalue weighted by atomic mass is 32.2. The molecule has 0 amide bonds. The molecule has 0 aromatic heterocycles. The molecule has 3 rings (SSSR count). The van der Waals surface area contributed by atoms with Crippen LogP contribution >= 0.6 is 11.8 Å². The van der Waals surface area contributed by atoms with Gasteiger partial charge in [-0.15, -0.1) is 11.8 Å². The molecule has 0 saturated carbocycles. The highest BCUT2D eigenvalue weighted by molar-refractivity contribution is 7.98. The molecule has 1 heterocycles. The van der Waals surface area contributed by atoms with Crippen LogP contribution in [0.5, 0.6) is 5.75 Å². The third-order valence-electron chi connectivity index (χ3n) is 6.50. The van der Waals surface area contributed by atoms with Gasteiger partial charge >= 0.3 is 5.97 Å². The normalized spacial score (nSPS) is 18.1. The monoisotopic (exact) mass is 483 g/mol. The zero-order chi connectivity index (χ0) is 24.9. The summed E-state index contributed by atoms with van der Waals surface area (Å²) < 4.78 is 11.2. The minimum absolute atomic E-state index is 0.00954. The number of carbonyl (C=O) groups is 2. The molecule has 2 aromatic carbocycles. The molecular weight excluding hydrogens is 446 g/mol. The van der Waals surface area contributed by atoms with Gasteiger partial charge in [0.05, 0.1) is 6.61 Å². The summed E-state index contributed by atoms with van der Waals surface area (Å²) in [5.41, 5.74) is 2.97. The number of thioether (sulfide) groups is 1. The van der Waals surface area contributed by atoms with E-state index in [1.807, 2.05) is 44.4 Å². The highest BCUT2D eigenvalue weighted by Gasteiger charge is 2.34. The molecule has 0 spiro atoms. The van der Waals surface area contributed by atoms with Crippen LogP contribution in [0.4, 0.5) is 0 Å². The summed E-state index contributed by atoms with van der Waals surface area (Å²) in [4.78, 5) is 26.6. The fourth-order valence-electron chi connectivity index (χ4n) is 4.61. The first-order valence-electron chi connectivity index (χ1n) is 12.0. The molecule has 5 nitrogen and oxygen atoms in total. The standard InChI is InChI=1S/C28H37NO4S/c1-7-32-27(31)28(4,5)33-26-18(2)14-20(15-19(26)3)8-9-22-16-29-17-24(22)25(30)21-10-12-23(34-6)13-11-21/h10-15,22,24,29H,7-9,16-17H2,1-6H3/t22-,24-/m0/s1. The maximum atomic E-state index is 13.2. The Labute approximate surface area is 208 Å². The van der Waals surface area contributed by atoms with Gasteiger partial charge in [-0.05, 0) is 95.0 Å². The summed E-state index contributed by atoms with van der Waals surface area (Å²) in [6, 6.07) is 12.2. The summed E-state index contributed by atoms with van der Waals surface area (Å²) >= 11 is 1.68. The Morgan fingerprint density at radius 2 is 1.74 bits per heavy atom. The van der Waals surface area contributed by atoms with Crippen molar-refractivity contribution in [3.8, 4) is 5.75 Å². The van der Waals surface area contributed by atoms with E-state index in [1.54, 1.807) is 32.5 Å². The zero-order valence-corrected chi connectivity index (χ0v) is 22.0. The van der Waals surface area contributed by atoms with E-state index >= 15 is 0 Å². The first kappa shape index (κ1) is 26.3. The van der Waals surface area contributed by atoms with Gasteiger partial charge < -0.3 is 14.8 Å². The molecule has 1 aliphatic heterocycles. The average Bonchev–Trinajstić information content (AvgIpc) is 3.28. The van der Waals surface area contributed by atoms with Crippen LogP contribution in [0.15, 0.2) is 41.3 Å². The molecule has 1 N–H and O–H groups in total. The maximum Gasteiger partial charge on any atom is 0.349 e. The van der Waals surface area contributed by atoms with Crippen molar-refractivity contribution in [1.82, 2.24) is 5.32 Å². The molecule has 0 unspecified atom stereocenters. The van der Waals surface area contributed by atoms with Gasteiger partial charge in [-0.25, -0.2) is 4.79 Å². The second-order valence-corrected chi connectivity index (χ2v) is 10.4. The Kier molecular flexibility index (Phi) is 8.83. The Balaban J connectivity index is 1.66. The third-order valence-corrected chi connectivity index (χ3v) is 7.24. The van der Waals surface area contributed by atoms with Crippen molar-refractivity contribution in [2.45, 2.75) is 58.0 Å². The fraction of sp³-hybridized carbons (Fsp3) is 0.500. The van der Waals surface area contributed by atoms with Crippen molar-refractivity contribution < 1.29 is 19.1 Å². The van der Waals surface area contributed by atoms with E-state index in [-0.39, 0.29) is 17.7 Å². The van der Waals surface area contributed by atoms with Crippen molar-refractivity contribution in [1.29, 1.82) is 0 Å². The van der Waals surface area contributed by atoms with Crippen LogP contribution < -0.4 is 10.1 Å². The number of carbonyl (C=O) groups excluding carboxylic acids is 2. The van der Waals surface area contributed by atoms with Gasteiger partial charge in [0, 0.05) is 22.9 Å². The van der Waals surface area contributed by atoms with E-state index < -0.39 is 5.60 Å². The second kappa shape index (κ2) is 11.4. The number of aryl methyl sites for hydroxylation is 3. The molecule has 2 aromatic rings. The van der Waals surface area contributed by atoms with Crippen LogP contribution in [0.2, 0.25) is 0 Å². The second-order valence-electron chi connectivity index (χ2n) is 9.55. The fourth-order valence-corrected chi connectivity index (χ4v) is 5.02. The van der Waals surface area contributed by atoms with Crippen LogP contribution in [-0.4, -0.2) is 43.3 Å². The van der Waals surface area contributed by atoms with Gasteiger partial charge in [-0.3, -0.25) is 4.79 Å². The van der Waals surface area contributed by atoms with Crippen molar-refractivity contribution >= 4 is 23.5 Å². The quantitative estimate of drug-likeness (QED) is 0.277. The number of ether oxygens (including phenoxy) is 2. The minimum Gasteiger partial charge on any atom is -0.476 e. The summed E-state index contributed by atoms with van der Waals surface area (Å²) in [6.45, 7) is 11.2. The number of nitrogens with one attached hydrogen (secondary N) is 1. The topological polar surface area (TPSA) is 64.6 Å². The number of Topliss-reactive ketones (excluding diaryl/α,β-unsaturated/α-hetero) is 1. The van der Waals surface area contributed by atoms with Crippen molar-refractivity contribution in [3.05, 3.63) is 58.7 Å². The number of ketones is 1. The number of rotatable bonds is 10. The van der Waals surface area contributed by atoms with Crippen LogP contribution in [-0.2, 0) is 16.0 Å². The SMILES string of the molecule is CCOC(=O)C(C)(C)Oc1c(C)cc(CC[C@H]2CNC[C@@H]2C(=O)c2ccc(SC)cc2)cc1C. The van der Waals surface area contributed by atoms with E-state index in [1.165, 1.54) is 10.5 Å². The number of hydrogen-bond donors (Lipinski definition) is 1. The molecule has 0 radical (unpaired) electrons. The predicted molar refractivity (Wildman–Crippen MR) is 138 cm³/mol. The Morgan fingerprint density at radius 1 is 1.09 bits per heavy atom. The first-order valence-corrected chi connectivity index (χ1v) is 13.2. The van der Waals surface area contributed by atoms with E-state index in [0.717, 1.165) is 48.4 Å². The number of benzene rings is 2. The van der Waals surface area contributed by atoms with Crippen LogP contribution in [0.25, 0.3) is 0 Å². The molecule has 1 fully saturated rings. The molecule has 6 heteroatoms. The summed E-state index contributed by atoms with van der Waals surface area (Å²) in [5, 5.41) is 3.42. The van der Waals surface area contributed by atoms with Gasteiger partial charge in [-0.2, -0.15) is 0 Å². The summed E-state index contributed by atoms with van der Waals surface area (Å²) in [5.74, 6) is 0.916. The molecular formula is C28H37NO4S. The van der Waals surface area contributed by atoms with Gasteiger partial charge in [0.25, 0.3) is 0 Å². The molecule has 2 atom stereocenters. The lowest BCUT2D eigenvalue weighted by molar-refractivity contribution is -0.158. The van der Waals surface area contributed by atoms with Gasteiger partial charge in [0.2, 0.25) is 0 Å². The number of hydrogen-bond acceptors (Lipinski definition) is 6. The summed E-state index contributed by atoms with van der Waals surface area (Å²) in [7, 11) is 0. The van der Waals surface area contributed by atoms with E-state index in [9.17, 15) is 9.59 Å². The van der Waals surface area contributed by atoms with E-state index in [4.69, 9.17) is 9.47 Å². The molecule has 0 bridgehead atoms. The van der Waals surface area contributed by atoms with Gasteiger partial charge in [-0.1, -0.05) is 24.3 Å². The van der Waals surface area contributed by atoms with E-state index in [2.05, 4.69) is 17.4 Å². The first-order chi connectivity index (χ1) is 16.2. The summed E-state index contributed by atoms with van der Waals surface area (Å²) in [6.07, 6.45) is 3.88. The van der Waals surface area contributed by atoms with Crippen molar-refractivity contribution in [3.63, 3.8) is 0 Å². The number of esters is 1. The molecule has 1 saturated heterocycles. The van der Waals surface area contributed by atoms with Crippen LogP contribution in [0.3, 0.4) is 0 Å². The highest BCUT2D eigenvalue weighted by Crippen LogP contribution is 2.31. The van der Waals surface area contributed by atoms with Crippen LogP contribution in [0, 0.1) is 25.7 Å². The lowest BCUT2D eigenvalue weighted by Crippen LogP contribution is -2.40. The maximum absolute atomic E-state index is 13.2. The smallest absolute Gasteiger partial charge is 0.349 e. The average molecular weight is 484 g/mol. The van der Waals surface area contributed by atoms with Gasteiger partial charge in [0.1, 0.15) is 5.75 Å². The molecule has 184 valence electrons. The Morgan fingerprint density at radius 3 is 2.32 bits per heavy atom. The Hall–Kier alpha value is -2.31. The Bertz CT molecular complexity index is 993. The zero-order valence-electron chi connectivity index (χ0n) is 21.2. The third kappa shape index (κ3) is 6.22. The minimum atomic E-state index is -1.05. The molecule has 1 aliphatic rings. The van der Waals surface area contributed by atoms with Gasteiger partial charge in [0.15, 0.2) is 11.4 Å². The molecule has 0 aliphatic carbocycles. The van der Waals surface area contributed by atoms with Crippen LogP contribution in [0.1, 0.15) is 54.2 Å². The molecule has 34 heavy (non-hydrogen) atoms. The predicted octanol–water partition coefficient (Wildman–Crippen LogP) is 5.40.